The van der Waals surface area contributed by atoms with Gasteiger partial charge in [0.25, 0.3) is 0 Å². The Labute approximate surface area is 107 Å². The van der Waals surface area contributed by atoms with Crippen LogP contribution in [0, 0.1) is 6.92 Å². The smallest absolute Gasteiger partial charge is 0.224 e. The van der Waals surface area contributed by atoms with Gasteiger partial charge in [0, 0.05) is 11.8 Å². The number of benzene rings is 1. The number of aryl methyl sites for hydroxylation is 1. The Morgan fingerprint density at radius 2 is 1.89 bits per heavy atom. The molecular weight excluding hydrogens is 226 g/mol. The van der Waals surface area contributed by atoms with Crippen molar-refractivity contribution in [1.29, 1.82) is 0 Å². The maximum Gasteiger partial charge on any atom is 0.224 e. The molecule has 2 rings (SSSR count). The molecule has 0 radical (unpaired) electrons. The zero-order valence-corrected chi connectivity index (χ0v) is 10.8. The third-order valence-electron chi connectivity index (χ3n) is 2.60. The van der Waals surface area contributed by atoms with Crippen molar-refractivity contribution in [2.24, 2.45) is 0 Å². The molecule has 0 fully saturated rings. The number of hydrogen-bond acceptors (Lipinski definition) is 4. The summed E-state index contributed by atoms with van der Waals surface area (Å²) in [5.41, 5.74) is 7.55. The molecule has 2 N–H and O–H groups in total. The summed E-state index contributed by atoms with van der Waals surface area (Å²) in [6.07, 6.45) is 0. The van der Waals surface area contributed by atoms with Crippen LogP contribution in [0.2, 0.25) is 0 Å². The lowest BCUT2D eigenvalue weighted by Gasteiger charge is -2.13. The molecule has 4 heteroatoms. The lowest BCUT2D eigenvalue weighted by Crippen LogP contribution is -2.00. The molecule has 1 aromatic carbocycles. The average Bonchev–Trinajstić information content (AvgIpc) is 2.27. The van der Waals surface area contributed by atoms with E-state index in [0.717, 1.165) is 17.0 Å². The normalized spacial score (nSPS) is 10.7. The molecule has 0 unspecified atom stereocenters. The molecule has 0 aliphatic heterocycles. The molecule has 18 heavy (non-hydrogen) atoms. The topological polar surface area (TPSA) is 61.0 Å². The zero-order valence-electron chi connectivity index (χ0n) is 10.8. The van der Waals surface area contributed by atoms with E-state index in [1.54, 1.807) is 6.07 Å². The van der Waals surface area contributed by atoms with Crippen molar-refractivity contribution in [1.82, 2.24) is 9.97 Å². The van der Waals surface area contributed by atoms with Gasteiger partial charge in [-0.2, -0.15) is 4.98 Å². The van der Waals surface area contributed by atoms with Gasteiger partial charge in [-0.1, -0.05) is 32.0 Å². The van der Waals surface area contributed by atoms with Crippen molar-refractivity contribution in [3.8, 4) is 11.6 Å². The van der Waals surface area contributed by atoms with Crippen LogP contribution in [0.3, 0.4) is 0 Å². The Morgan fingerprint density at radius 1 is 1.17 bits per heavy atom. The van der Waals surface area contributed by atoms with Crippen molar-refractivity contribution >= 4 is 5.95 Å². The molecule has 0 amide bonds. The fourth-order valence-corrected chi connectivity index (χ4v) is 1.78. The molecule has 0 atom stereocenters. The fraction of sp³-hybridized carbons (Fsp3) is 0.286. The molecule has 2 aromatic rings. The van der Waals surface area contributed by atoms with Crippen LogP contribution in [0.1, 0.15) is 31.0 Å². The molecule has 0 saturated carbocycles. The average molecular weight is 243 g/mol. The first-order chi connectivity index (χ1) is 8.56. The summed E-state index contributed by atoms with van der Waals surface area (Å²) in [5, 5.41) is 0. The first-order valence-electron chi connectivity index (χ1n) is 5.94. The van der Waals surface area contributed by atoms with Crippen molar-refractivity contribution < 1.29 is 4.74 Å². The monoisotopic (exact) mass is 243 g/mol. The number of ether oxygens (including phenoxy) is 1. The summed E-state index contributed by atoms with van der Waals surface area (Å²) in [6.45, 7) is 6.11. The lowest BCUT2D eigenvalue weighted by atomic mass is 10.0. The number of aromatic nitrogens is 2. The van der Waals surface area contributed by atoms with Crippen LogP contribution in [0.15, 0.2) is 30.3 Å². The van der Waals surface area contributed by atoms with Gasteiger partial charge in [0.15, 0.2) is 0 Å². The van der Waals surface area contributed by atoms with Crippen LogP contribution < -0.4 is 10.5 Å². The van der Waals surface area contributed by atoms with Crippen molar-refractivity contribution in [3.05, 3.63) is 41.6 Å². The third-order valence-corrected chi connectivity index (χ3v) is 2.60. The van der Waals surface area contributed by atoms with E-state index in [2.05, 4.69) is 29.9 Å². The second-order valence-corrected chi connectivity index (χ2v) is 4.50. The SMILES string of the molecule is Cc1cc(Oc2ccccc2C(C)C)nc(N)n1. The van der Waals surface area contributed by atoms with E-state index in [4.69, 9.17) is 10.5 Å². The summed E-state index contributed by atoms with van der Waals surface area (Å²) in [6, 6.07) is 9.70. The highest BCUT2D eigenvalue weighted by Crippen LogP contribution is 2.29. The molecule has 0 spiro atoms. The van der Waals surface area contributed by atoms with E-state index in [1.165, 1.54) is 0 Å². The van der Waals surface area contributed by atoms with Gasteiger partial charge in [0.05, 0.1) is 0 Å². The molecule has 1 heterocycles. The maximum absolute atomic E-state index is 5.80. The summed E-state index contributed by atoms with van der Waals surface area (Å²) in [7, 11) is 0. The van der Waals surface area contributed by atoms with Gasteiger partial charge >= 0.3 is 0 Å². The van der Waals surface area contributed by atoms with Gasteiger partial charge in [0.1, 0.15) is 5.75 Å². The van der Waals surface area contributed by atoms with E-state index >= 15 is 0 Å². The van der Waals surface area contributed by atoms with Gasteiger partial charge in [-0.15, -0.1) is 0 Å². The molecule has 1 aromatic heterocycles. The second kappa shape index (κ2) is 5.04. The summed E-state index contributed by atoms with van der Waals surface area (Å²) in [5.74, 6) is 1.91. The third kappa shape index (κ3) is 2.77. The number of nitrogens with two attached hydrogens (primary N) is 1. The van der Waals surface area contributed by atoms with Crippen LogP contribution in [0.4, 0.5) is 5.95 Å². The Balaban J connectivity index is 2.34. The Kier molecular flexibility index (Phi) is 3.46. The lowest BCUT2D eigenvalue weighted by molar-refractivity contribution is 0.453. The highest BCUT2D eigenvalue weighted by molar-refractivity contribution is 5.39. The van der Waals surface area contributed by atoms with Crippen molar-refractivity contribution in [2.45, 2.75) is 26.7 Å². The van der Waals surface area contributed by atoms with Crippen LogP contribution in [0.25, 0.3) is 0 Å². The number of hydrogen-bond donors (Lipinski definition) is 1. The van der Waals surface area contributed by atoms with Crippen LogP contribution in [-0.4, -0.2) is 9.97 Å². The number of para-hydroxylation sites is 1. The van der Waals surface area contributed by atoms with Crippen LogP contribution >= 0.6 is 0 Å². The number of anilines is 1. The van der Waals surface area contributed by atoms with Crippen LogP contribution in [-0.2, 0) is 0 Å². The van der Waals surface area contributed by atoms with E-state index < -0.39 is 0 Å². The Hall–Kier alpha value is -2.10. The molecule has 0 aliphatic carbocycles. The van der Waals surface area contributed by atoms with Gasteiger partial charge in [0.2, 0.25) is 11.8 Å². The molecule has 0 saturated heterocycles. The Morgan fingerprint density at radius 3 is 2.56 bits per heavy atom. The quantitative estimate of drug-likeness (QED) is 0.898. The summed E-state index contributed by atoms with van der Waals surface area (Å²) in [4.78, 5) is 8.09. The molecule has 4 nitrogen and oxygen atoms in total. The molecule has 0 aliphatic rings. The second-order valence-electron chi connectivity index (χ2n) is 4.50. The highest BCUT2D eigenvalue weighted by Gasteiger charge is 2.09. The number of rotatable bonds is 3. The van der Waals surface area contributed by atoms with Crippen LogP contribution in [0.5, 0.6) is 11.6 Å². The fourth-order valence-electron chi connectivity index (χ4n) is 1.78. The Bertz CT molecular complexity index is 532. The largest absolute Gasteiger partial charge is 0.439 e. The maximum atomic E-state index is 5.80. The predicted octanol–water partition coefficient (Wildman–Crippen LogP) is 3.28. The van der Waals surface area contributed by atoms with Gasteiger partial charge in [-0.05, 0) is 24.5 Å². The number of nitrogen functional groups attached to an aromatic ring is 1. The minimum atomic E-state index is 0.229. The minimum absolute atomic E-state index is 0.229. The zero-order chi connectivity index (χ0) is 13.1. The first kappa shape index (κ1) is 12.4. The first-order valence-corrected chi connectivity index (χ1v) is 5.94. The molecule has 0 bridgehead atoms. The highest BCUT2D eigenvalue weighted by atomic mass is 16.5. The molecular formula is C14H17N3O. The molecule has 94 valence electrons. The van der Waals surface area contributed by atoms with E-state index in [9.17, 15) is 0 Å². The van der Waals surface area contributed by atoms with E-state index in [0.29, 0.717) is 11.8 Å². The number of nitrogens with zero attached hydrogens (tertiary/aromatic N) is 2. The van der Waals surface area contributed by atoms with Gasteiger partial charge < -0.3 is 10.5 Å². The summed E-state index contributed by atoms with van der Waals surface area (Å²) >= 11 is 0. The van der Waals surface area contributed by atoms with E-state index in [1.807, 2.05) is 25.1 Å². The summed E-state index contributed by atoms with van der Waals surface area (Å²) < 4.78 is 5.80. The van der Waals surface area contributed by atoms with E-state index in [-0.39, 0.29) is 5.95 Å². The minimum Gasteiger partial charge on any atom is -0.439 e. The van der Waals surface area contributed by atoms with Crippen molar-refractivity contribution in [2.75, 3.05) is 5.73 Å². The predicted molar refractivity (Wildman–Crippen MR) is 71.8 cm³/mol. The van der Waals surface area contributed by atoms with Gasteiger partial charge in [-0.3, -0.25) is 0 Å². The van der Waals surface area contributed by atoms with Crippen molar-refractivity contribution in [3.63, 3.8) is 0 Å². The van der Waals surface area contributed by atoms with Gasteiger partial charge in [-0.25, -0.2) is 4.98 Å². The standard InChI is InChI=1S/C14H17N3O/c1-9(2)11-6-4-5-7-12(11)18-13-8-10(3)16-14(15)17-13/h4-9H,1-3H3,(H2,15,16,17).